The molecule has 2 rings (SSSR count). The minimum Gasteiger partial charge on any atom is -0.339 e. The second-order valence-corrected chi connectivity index (χ2v) is 7.58. The second kappa shape index (κ2) is 8.78. The largest absolute Gasteiger partial charge is 0.339 e. The number of hydrazine groups is 1. The molecule has 1 aromatic carbocycles. The predicted octanol–water partition coefficient (Wildman–Crippen LogP) is 2.37. The smallest absolute Gasteiger partial charge is 0.253 e. The van der Waals surface area contributed by atoms with Crippen molar-refractivity contribution in [2.24, 2.45) is 5.92 Å². The van der Waals surface area contributed by atoms with Gasteiger partial charge in [-0.1, -0.05) is 29.8 Å². The van der Waals surface area contributed by atoms with E-state index in [1.165, 1.54) is 0 Å². The average Bonchev–Trinajstić information content (AvgIpc) is 2.98. The quantitative estimate of drug-likeness (QED) is 0.629. The van der Waals surface area contributed by atoms with Gasteiger partial charge in [-0.25, -0.2) is 5.43 Å². The lowest BCUT2D eigenvalue weighted by Gasteiger charge is -2.20. The van der Waals surface area contributed by atoms with Gasteiger partial charge in [0.2, 0.25) is 5.91 Å². The molecule has 1 aliphatic rings. The van der Waals surface area contributed by atoms with Crippen molar-refractivity contribution in [2.75, 3.05) is 18.4 Å². The third kappa shape index (κ3) is 4.59. The highest BCUT2D eigenvalue weighted by molar-refractivity contribution is 9.09. The summed E-state index contributed by atoms with van der Waals surface area (Å²) in [7, 11) is 0. The molecule has 3 atom stereocenters. The number of rotatable bonds is 6. The molecule has 138 valence electrons. The minimum absolute atomic E-state index is 0.00448. The Labute approximate surface area is 157 Å². The summed E-state index contributed by atoms with van der Waals surface area (Å²) in [5.74, 6) is 0.297. The molecule has 0 bridgehead atoms. The van der Waals surface area contributed by atoms with Crippen molar-refractivity contribution in [1.29, 1.82) is 0 Å². The van der Waals surface area contributed by atoms with Crippen LogP contribution in [0.5, 0.6) is 0 Å². The topological polar surface area (TPSA) is 73.5 Å². The third-order valence-corrected chi connectivity index (χ3v) is 5.62. The summed E-state index contributed by atoms with van der Waals surface area (Å²) >= 11 is 3.61. The Morgan fingerprint density at radius 3 is 2.24 bits per heavy atom. The monoisotopic (exact) mass is 410 g/mol. The van der Waals surface area contributed by atoms with E-state index in [1.807, 2.05) is 13.8 Å². The van der Waals surface area contributed by atoms with Crippen LogP contribution in [0.15, 0.2) is 24.3 Å². The van der Waals surface area contributed by atoms with Crippen LogP contribution in [0.25, 0.3) is 0 Å². The highest BCUT2D eigenvalue weighted by Gasteiger charge is 2.39. The third-order valence-electron chi connectivity index (χ3n) is 4.52. The Kier molecular flexibility index (Phi) is 6.98. The number of carbonyl (C=O) groups excluding carboxylic acids is 2. The van der Waals surface area contributed by atoms with Crippen molar-refractivity contribution in [3.8, 4) is 0 Å². The maximum atomic E-state index is 12.5. The van der Waals surface area contributed by atoms with E-state index in [2.05, 4.69) is 45.9 Å². The molecule has 0 aromatic heterocycles. The molecule has 0 aliphatic carbocycles. The van der Waals surface area contributed by atoms with Crippen molar-refractivity contribution >= 4 is 33.4 Å². The summed E-state index contributed by atoms with van der Waals surface area (Å²) in [5.41, 5.74) is 7.51. The summed E-state index contributed by atoms with van der Waals surface area (Å²) in [6.45, 7) is 9.49. The zero-order valence-electron chi connectivity index (χ0n) is 15.2. The number of carbonyl (C=O) groups is 2. The van der Waals surface area contributed by atoms with E-state index < -0.39 is 0 Å². The molecule has 1 saturated heterocycles. The van der Waals surface area contributed by atoms with Crippen LogP contribution in [0.3, 0.4) is 0 Å². The van der Waals surface area contributed by atoms with Crippen LogP contribution in [-0.4, -0.2) is 46.7 Å². The Bertz CT molecular complexity index is 602. The molecule has 0 saturated carbocycles. The number of alkyl halides is 1. The summed E-state index contributed by atoms with van der Waals surface area (Å²) < 4.78 is 0. The van der Waals surface area contributed by atoms with Crippen LogP contribution in [-0.2, 0) is 4.79 Å². The molecule has 25 heavy (non-hydrogen) atoms. The number of halogens is 1. The van der Waals surface area contributed by atoms with Crippen LogP contribution in [0.2, 0.25) is 0 Å². The molecule has 7 heteroatoms. The second-order valence-electron chi connectivity index (χ2n) is 6.52. The molecule has 1 heterocycles. The number of hydrogen-bond donors (Lipinski definition) is 3. The summed E-state index contributed by atoms with van der Waals surface area (Å²) in [4.78, 5) is 26.6. The fraction of sp³-hybridized carbons (Fsp3) is 0.556. The maximum absolute atomic E-state index is 12.5. The molecule has 1 aliphatic heterocycles. The molecule has 0 spiro atoms. The number of hydrogen-bond acceptors (Lipinski definition) is 4. The van der Waals surface area contributed by atoms with Gasteiger partial charge in [0.1, 0.15) is 6.04 Å². The van der Waals surface area contributed by atoms with E-state index in [9.17, 15) is 9.59 Å². The molecule has 3 N–H and O–H groups in total. The number of amides is 2. The number of anilines is 1. The lowest BCUT2D eigenvalue weighted by atomic mass is 9.99. The van der Waals surface area contributed by atoms with Crippen LogP contribution in [0, 0.1) is 5.92 Å². The van der Waals surface area contributed by atoms with E-state index in [-0.39, 0.29) is 28.7 Å². The molecule has 1 aromatic rings. The Balaban J connectivity index is 1.99. The van der Waals surface area contributed by atoms with Gasteiger partial charge < -0.3 is 10.2 Å². The van der Waals surface area contributed by atoms with Crippen LogP contribution in [0.1, 0.15) is 38.1 Å². The predicted molar refractivity (Wildman–Crippen MR) is 104 cm³/mol. The molecule has 6 nitrogen and oxygen atoms in total. The molecule has 1 fully saturated rings. The van der Waals surface area contributed by atoms with Crippen LogP contribution < -0.4 is 16.2 Å². The van der Waals surface area contributed by atoms with Crippen LogP contribution in [0.4, 0.5) is 5.69 Å². The molecular weight excluding hydrogens is 384 g/mol. The number of nitrogens with one attached hydrogen (secondary N) is 3. The van der Waals surface area contributed by atoms with Gasteiger partial charge in [0.15, 0.2) is 0 Å². The fourth-order valence-corrected chi connectivity index (χ4v) is 4.02. The zero-order chi connectivity index (χ0) is 18.6. The van der Waals surface area contributed by atoms with E-state index >= 15 is 0 Å². The summed E-state index contributed by atoms with van der Waals surface area (Å²) in [5, 5.41) is 2.90. The highest BCUT2D eigenvalue weighted by atomic mass is 79.9. The lowest BCUT2D eigenvalue weighted by Crippen LogP contribution is -2.42. The van der Waals surface area contributed by atoms with E-state index in [4.69, 9.17) is 0 Å². The van der Waals surface area contributed by atoms with Gasteiger partial charge in [-0.15, -0.1) is 0 Å². The fourth-order valence-electron chi connectivity index (χ4n) is 2.91. The molecule has 2 amide bonds. The van der Waals surface area contributed by atoms with Crippen molar-refractivity contribution < 1.29 is 9.59 Å². The van der Waals surface area contributed by atoms with Gasteiger partial charge in [-0.05, 0) is 44.0 Å². The Morgan fingerprint density at radius 2 is 1.76 bits per heavy atom. The summed E-state index contributed by atoms with van der Waals surface area (Å²) in [6, 6.07) is 6.85. The Hall–Kier alpha value is -1.44. The first kappa shape index (κ1) is 19.9. The van der Waals surface area contributed by atoms with Gasteiger partial charge in [-0.2, -0.15) is 0 Å². The SMILES string of the molecule is CCN(CC)C(=O)c1ccc(NC(=O)C2NNC(C(C)C)C2Br)cc1. The zero-order valence-corrected chi connectivity index (χ0v) is 16.8. The molecular formula is C18H27BrN4O2. The van der Waals surface area contributed by atoms with Gasteiger partial charge in [0.25, 0.3) is 5.91 Å². The number of benzene rings is 1. The standard InChI is InChI=1S/C18H27BrN4O2/c1-5-23(6-2)18(25)12-7-9-13(10-8-12)20-17(24)16-14(19)15(11(3)4)21-22-16/h7-11,14-16,21-22H,5-6H2,1-4H3,(H,20,24). The Morgan fingerprint density at radius 1 is 1.16 bits per heavy atom. The minimum atomic E-state index is -0.357. The van der Waals surface area contributed by atoms with Crippen molar-refractivity contribution in [2.45, 2.75) is 44.6 Å². The normalized spacial score (nSPS) is 22.9. The van der Waals surface area contributed by atoms with Gasteiger partial charge in [0, 0.05) is 30.4 Å². The first-order chi connectivity index (χ1) is 11.9. The molecule has 3 unspecified atom stereocenters. The highest BCUT2D eigenvalue weighted by Crippen LogP contribution is 2.22. The first-order valence-electron chi connectivity index (χ1n) is 8.74. The van der Waals surface area contributed by atoms with Gasteiger partial charge in [-0.3, -0.25) is 15.0 Å². The van der Waals surface area contributed by atoms with E-state index in [0.717, 1.165) is 0 Å². The average molecular weight is 411 g/mol. The van der Waals surface area contributed by atoms with Crippen molar-refractivity contribution in [1.82, 2.24) is 15.8 Å². The van der Waals surface area contributed by atoms with Gasteiger partial charge in [0.05, 0.1) is 4.83 Å². The maximum Gasteiger partial charge on any atom is 0.253 e. The first-order valence-corrected chi connectivity index (χ1v) is 9.65. The van der Waals surface area contributed by atoms with Crippen LogP contribution >= 0.6 is 15.9 Å². The summed E-state index contributed by atoms with van der Waals surface area (Å²) in [6.07, 6.45) is 0. The lowest BCUT2D eigenvalue weighted by molar-refractivity contribution is -0.117. The number of nitrogens with zero attached hydrogens (tertiary/aromatic N) is 1. The van der Waals surface area contributed by atoms with E-state index in [1.54, 1.807) is 29.2 Å². The van der Waals surface area contributed by atoms with Crippen molar-refractivity contribution in [3.05, 3.63) is 29.8 Å². The van der Waals surface area contributed by atoms with Gasteiger partial charge >= 0.3 is 0 Å². The molecule has 0 radical (unpaired) electrons. The van der Waals surface area contributed by atoms with E-state index in [0.29, 0.717) is 30.3 Å². The van der Waals surface area contributed by atoms with Crippen molar-refractivity contribution in [3.63, 3.8) is 0 Å².